The minimum absolute atomic E-state index is 0.108. The Morgan fingerprint density at radius 1 is 1.52 bits per heavy atom. The molecular formula is C14H18N4O2S. The van der Waals surface area contributed by atoms with Gasteiger partial charge >= 0.3 is 0 Å². The average molecular weight is 306 g/mol. The quantitative estimate of drug-likeness (QED) is 0.717. The van der Waals surface area contributed by atoms with E-state index in [1.807, 2.05) is 24.1 Å². The first-order valence-corrected chi connectivity index (χ1v) is 7.37. The number of amides is 1. The molecule has 6 nitrogen and oxygen atoms in total. The van der Waals surface area contributed by atoms with Gasteiger partial charge in [0.2, 0.25) is 5.91 Å². The molecule has 112 valence electrons. The van der Waals surface area contributed by atoms with E-state index in [-0.39, 0.29) is 6.61 Å². The second-order valence-corrected chi connectivity index (χ2v) is 5.56. The summed E-state index contributed by atoms with van der Waals surface area (Å²) in [7, 11) is 1.90. The number of aliphatic hydroxyl groups is 1. The fourth-order valence-electron chi connectivity index (χ4n) is 1.78. The van der Waals surface area contributed by atoms with E-state index >= 15 is 0 Å². The smallest absolute Gasteiger partial charge is 0.249 e. The number of nitrogens with two attached hydrogens (primary N) is 1. The van der Waals surface area contributed by atoms with E-state index in [4.69, 9.17) is 10.8 Å². The lowest BCUT2D eigenvalue weighted by Crippen LogP contribution is -2.21. The summed E-state index contributed by atoms with van der Waals surface area (Å²) >= 11 is 1.48. The zero-order chi connectivity index (χ0) is 15.2. The molecule has 0 aliphatic carbocycles. The van der Waals surface area contributed by atoms with Crippen molar-refractivity contribution in [3.8, 4) is 0 Å². The van der Waals surface area contributed by atoms with Crippen molar-refractivity contribution in [3.05, 3.63) is 40.2 Å². The van der Waals surface area contributed by atoms with Crippen molar-refractivity contribution >= 4 is 28.7 Å². The normalized spacial score (nSPS) is 10.4. The number of carbonyl (C=O) groups is 1. The van der Waals surface area contributed by atoms with E-state index in [1.54, 1.807) is 17.6 Å². The van der Waals surface area contributed by atoms with Crippen molar-refractivity contribution in [2.75, 3.05) is 30.4 Å². The Hall–Kier alpha value is -2.12. The molecule has 2 aromatic rings. The summed E-state index contributed by atoms with van der Waals surface area (Å²) in [5.41, 5.74) is 6.70. The highest BCUT2D eigenvalue weighted by atomic mass is 32.1. The maximum atomic E-state index is 11.0. The Morgan fingerprint density at radius 3 is 2.90 bits per heavy atom. The van der Waals surface area contributed by atoms with Gasteiger partial charge in [-0.25, -0.2) is 4.98 Å². The first-order valence-electron chi connectivity index (χ1n) is 6.49. The maximum Gasteiger partial charge on any atom is 0.249 e. The van der Waals surface area contributed by atoms with Gasteiger partial charge in [-0.05, 0) is 18.2 Å². The van der Waals surface area contributed by atoms with Crippen LogP contribution in [0.4, 0.5) is 11.5 Å². The van der Waals surface area contributed by atoms with E-state index in [9.17, 15) is 4.79 Å². The van der Waals surface area contributed by atoms with Gasteiger partial charge in [-0.1, -0.05) is 0 Å². The topological polar surface area (TPSA) is 91.5 Å². The number of likely N-dealkylation sites (N-methyl/N-ethyl adjacent to an activating group) is 1. The summed E-state index contributed by atoms with van der Waals surface area (Å²) in [6.45, 7) is 1.27. The van der Waals surface area contributed by atoms with Crippen LogP contribution < -0.4 is 16.0 Å². The van der Waals surface area contributed by atoms with Gasteiger partial charge in [0, 0.05) is 23.8 Å². The molecule has 0 saturated heterocycles. The predicted octanol–water partition coefficient (Wildman–Crippen LogP) is 1.28. The lowest BCUT2D eigenvalue weighted by Gasteiger charge is -2.17. The monoisotopic (exact) mass is 306 g/mol. The van der Waals surface area contributed by atoms with Crippen molar-refractivity contribution in [2.24, 2.45) is 5.73 Å². The third kappa shape index (κ3) is 4.17. The van der Waals surface area contributed by atoms with E-state index in [0.717, 1.165) is 16.4 Å². The molecule has 0 aliphatic rings. The number of rotatable bonds is 7. The van der Waals surface area contributed by atoms with Gasteiger partial charge in [0.25, 0.3) is 0 Å². The van der Waals surface area contributed by atoms with Crippen LogP contribution in [0.1, 0.15) is 15.2 Å². The van der Waals surface area contributed by atoms with E-state index in [1.165, 1.54) is 11.3 Å². The van der Waals surface area contributed by atoms with Crippen molar-refractivity contribution in [1.82, 2.24) is 4.98 Å². The van der Waals surface area contributed by atoms with Crippen LogP contribution in [0.25, 0.3) is 0 Å². The van der Waals surface area contributed by atoms with Crippen LogP contribution in [-0.2, 0) is 6.54 Å². The molecule has 7 heteroatoms. The Balaban J connectivity index is 1.92. The highest BCUT2D eigenvalue weighted by Crippen LogP contribution is 2.17. The summed E-state index contributed by atoms with van der Waals surface area (Å²) in [4.78, 5) is 18.3. The molecule has 0 aliphatic heterocycles. The molecule has 0 aromatic carbocycles. The third-order valence-electron chi connectivity index (χ3n) is 3.01. The molecule has 21 heavy (non-hydrogen) atoms. The number of anilines is 2. The highest BCUT2D eigenvalue weighted by molar-refractivity contribution is 7.10. The lowest BCUT2D eigenvalue weighted by molar-refractivity contribution is 0.100. The highest BCUT2D eigenvalue weighted by Gasteiger charge is 2.05. The lowest BCUT2D eigenvalue weighted by atomic mass is 10.3. The summed E-state index contributed by atoms with van der Waals surface area (Å²) in [5.74, 6) is 0.345. The molecule has 2 rings (SSSR count). The van der Waals surface area contributed by atoms with Crippen molar-refractivity contribution in [2.45, 2.75) is 6.54 Å². The van der Waals surface area contributed by atoms with Crippen LogP contribution >= 0.6 is 11.3 Å². The van der Waals surface area contributed by atoms with Crippen LogP contribution in [-0.4, -0.2) is 36.2 Å². The predicted molar refractivity (Wildman–Crippen MR) is 84.8 cm³/mol. The zero-order valence-corrected chi connectivity index (χ0v) is 12.6. The molecule has 0 fully saturated rings. The second kappa shape index (κ2) is 7.05. The van der Waals surface area contributed by atoms with Crippen molar-refractivity contribution < 1.29 is 9.90 Å². The first kappa shape index (κ1) is 15.3. The standard InChI is InChI=1S/C14H18N4O2S/c1-18(4-5-19)11-2-3-13(16-7-11)17-8-12-6-10(9-21-12)14(15)20/h2-3,6-7,9,19H,4-5,8H2,1H3,(H2,15,20)(H,16,17). The fourth-order valence-corrected chi connectivity index (χ4v) is 2.59. The van der Waals surface area contributed by atoms with Gasteiger partial charge in [-0.15, -0.1) is 11.3 Å². The Morgan fingerprint density at radius 2 is 2.33 bits per heavy atom. The third-order valence-corrected chi connectivity index (χ3v) is 3.94. The number of hydrogen-bond donors (Lipinski definition) is 3. The zero-order valence-electron chi connectivity index (χ0n) is 11.7. The molecule has 0 radical (unpaired) electrons. The summed E-state index contributed by atoms with van der Waals surface area (Å²) in [6.07, 6.45) is 1.75. The minimum atomic E-state index is -0.410. The summed E-state index contributed by atoms with van der Waals surface area (Å²) < 4.78 is 0. The van der Waals surface area contributed by atoms with Gasteiger partial charge < -0.3 is 21.1 Å². The van der Waals surface area contributed by atoms with E-state index in [2.05, 4.69) is 10.3 Å². The largest absolute Gasteiger partial charge is 0.395 e. The van der Waals surface area contributed by atoms with Crippen LogP contribution in [0.2, 0.25) is 0 Å². The van der Waals surface area contributed by atoms with E-state index < -0.39 is 5.91 Å². The molecule has 2 aromatic heterocycles. The molecule has 0 saturated carbocycles. The molecule has 0 unspecified atom stereocenters. The summed E-state index contributed by atoms with van der Waals surface area (Å²) in [5, 5.41) is 13.8. The Kier molecular flexibility index (Phi) is 5.13. The van der Waals surface area contributed by atoms with Gasteiger partial charge in [-0.2, -0.15) is 0 Å². The van der Waals surface area contributed by atoms with Crippen LogP contribution in [0.15, 0.2) is 29.8 Å². The van der Waals surface area contributed by atoms with Crippen molar-refractivity contribution in [1.29, 1.82) is 0 Å². The van der Waals surface area contributed by atoms with Gasteiger partial charge in [0.1, 0.15) is 5.82 Å². The number of nitrogens with zero attached hydrogens (tertiary/aromatic N) is 2. The number of carbonyl (C=O) groups excluding carboxylic acids is 1. The van der Waals surface area contributed by atoms with Crippen LogP contribution in [0.3, 0.4) is 0 Å². The van der Waals surface area contributed by atoms with Gasteiger partial charge in [0.05, 0.1) is 30.6 Å². The molecule has 0 spiro atoms. The number of pyridine rings is 1. The Bertz CT molecular complexity index is 597. The number of primary amides is 1. The number of thiophene rings is 1. The number of aromatic nitrogens is 1. The SMILES string of the molecule is CN(CCO)c1ccc(NCc2cc(C(N)=O)cs2)nc1. The molecule has 1 amide bonds. The van der Waals surface area contributed by atoms with Gasteiger partial charge in [-0.3, -0.25) is 4.79 Å². The first-order chi connectivity index (χ1) is 10.1. The average Bonchev–Trinajstić information content (AvgIpc) is 2.95. The molecule has 0 atom stereocenters. The molecular weight excluding hydrogens is 288 g/mol. The van der Waals surface area contributed by atoms with Crippen molar-refractivity contribution in [3.63, 3.8) is 0 Å². The van der Waals surface area contributed by atoms with E-state index in [0.29, 0.717) is 18.7 Å². The fraction of sp³-hybridized carbons (Fsp3) is 0.286. The summed E-state index contributed by atoms with van der Waals surface area (Å²) in [6, 6.07) is 5.60. The van der Waals surface area contributed by atoms with Gasteiger partial charge in [0.15, 0.2) is 0 Å². The van der Waals surface area contributed by atoms with Crippen LogP contribution in [0, 0.1) is 0 Å². The molecule has 2 heterocycles. The van der Waals surface area contributed by atoms with Crippen LogP contribution in [0.5, 0.6) is 0 Å². The number of nitrogens with one attached hydrogen (secondary N) is 1. The Labute approximate surface area is 127 Å². The maximum absolute atomic E-state index is 11.0. The minimum Gasteiger partial charge on any atom is -0.395 e. The molecule has 0 bridgehead atoms. The second-order valence-electron chi connectivity index (χ2n) is 4.57. The molecule has 4 N–H and O–H groups in total. The number of hydrogen-bond acceptors (Lipinski definition) is 6. The number of aliphatic hydroxyl groups excluding tert-OH is 1.